The second-order valence-corrected chi connectivity index (χ2v) is 7.86. The Morgan fingerprint density at radius 3 is 2.64 bits per heavy atom. The second kappa shape index (κ2) is 7.62. The number of cyclic esters (lactones) is 1. The molecule has 0 fully saturated rings. The van der Waals surface area contributed by atoms with Gasteiger partial charge in [-0.3, -0.25) is 19.8 Å². The van der Waals surface area contributed by atoms with E-state index in [2.05, 4.69) is 0 Å². The number of aldehydes is 1. The minimum Gasteiger partial charge on any atom is -0.493 e. The van der Waals surface area contributed by atoms with Crippen LogP contribution in [0.1, 0.15) is 49.6 Å². The van der Waals surface area contributed by atoms with Crippen LogP contribution in [0.15, 0.2) is 12.1 Å². The molecule has 0 amide bonds. The summed E-state index contributed by atoms with van der Waals surface area (Å²) in [7, 11) is 4.70. The number of methoxy groups -OCH3 is 2. The zero-order valence-corrected chi connectivity index (χ0v) is 18.1. The molecule has 11 heteroatoms. The predicted octanol–water partition coefficient (Wildman–Crippen LogP) is 2.59. The third-order valence-corrected chi connectivity index (χ3v) is 6.37. The number of benzene rings is 2. The molecule has 3 aliphatic rings. The van der Waals surface area contributed by atoms with Crippen molar-refractivity contribution in [1.82, 2.24) is 4.90 Å². The number of hydrogen-bond donors (Lipinski definition) is 0. The topological polar surface area (TPSA) is 127 Å². The summed E-state index contributed by atoms with van der Waals surface area (Å²) in [5.74, 6) is 0.00783. The van der Waals surface area contributed by atoms with Gasteiger partial charge in [0.1, 0.15) is 11.7 Å². The smallest absolute Gasteiger partial charge is 0.343 e. The maximum atomic E-state index is 12.9. The maximum absolute atomic E-state index is 12.9. The highest BCUT2D eigenvalue weighted by Gasteiger charge is 2.48. The third-order valence-electron chi connectivity index (χ3n) is 6.37. The summed E-state index contributed by atoms with van der Waals surface area (Å²) in [6, 6.07) is 2.69. The van der Waals surface area contributed by atoms with Crippen LogP contribution in [0.3, 0.4) is 0 Å². The van der Waals surface area contributed by atoms with Gasteiger partial charge < -0.3 is 23.7 Å². The number of hydrogen-bond acceptors (Lipinski definition) is 10. The lowest BCUT2D eigenvalue weighted by molar-refractivity contribution is -0.386. The van der Waals surface area contributed by atoms with Crippen LogP contribution in [0.25, 0.3) is 0 Å². The molecule has 33 heavy (non-hydrogen) atoms. The molecular formula is C22H20N2O9. The van der Waals surface area contributed by atoms with Gasteiger partial charge in [-0.15, -0.1) is 0 Å². The van der Waals surface area contributed by atoms with Crippen molar-refractivity contribution in [2.24, 2.45) is 0 Å². The number of likely N-dealkylation sites (N-methyl/N-ethyl adjacent to an activating group) is 1. The highest BCUT2D eigenvalue weighted by atomic mass is 16.7. The number of carbonyl (C=O) groups is 2. The Labute approximate surface area is 187 Å². The molecule has 0 spiro atoms. The van der Waals surface area contributed by atoms with Gasteiger partial charge in [0.15, 0.2) is 23.5 Å². The van der Waals surface area contributed by atoms with Gasteiger partial charge in [-0.25, -0.2) is 4.79 Å². The van der Waals surface area contributed by atoms with E-state index in [1.807, 2.05) is 11.9 Å². The van der Waals surface area contributed by atoms with E-state index in [-0.39, 0.29) is 40.9 Å². The van der Waals surface area contributed by atoms with Crippen molar-refractivity contribution in [2.75, 3.05) is 34.6 Å². The minimum atomic E-state index is -0.838. The van der Waals surface area contributed by atoms with E-state index in [1.54, 1.807) is 12.1 Å². The predicted molar refractivity (Wildman–Crippen MR) is 111 cm³/mol. The molecule has 5 rings (SSSR count). The first-order valence-electron chi connectivity index (χ1n) is 10.2. The summed E-state index contributed by atoms with van der Waals surface area (Å²) in [6.45, 7) is 0.214. The van der Waals surface area contributed by atoms with Crippen molar-refractivity contribution < 1.29 is 38.2 Å². The number of nitrogens with zero attached hydrogens (tertiary/aromatic N) is 2. The number of esters is 1. The first-order valence-corrected chi connectivity index (χ1v) is 10.2. The molecule has 2 atom stereocenters. The van der Waals surface area contributed by atoms with Gasteiger partial charge in [0, 0.05) is 17.7 Å². The molecule has 3 heterocycles. The van der Waals surface area contributed by atoms with E-state index < -0.39 is 23.0 Å². The molecule has 0 unspecified atom stereocenters. The Balaban J connectivity index is 1.76. The van der Waals surface area contributed by atoms with Crippen LogP contribution in [-0.2, 0) is 11.2 Å². The van der Waals surface area contributed by atoms with Gasteiger partial charge in [-0.1, -0.05) is 6.07 Å². The van der Waals surface area contributed by atoms with Gasteiger partial charge in [0.2, 0.25) is 12.5 Å². The Morgan fingerprint density at radius 2 is 1.97 bits per heavy atom. The average Bonchev–Trinajstić information content (AvgIpc) is 3.41. The Bertz CT molecular complexity index is 1210. The fraction of sp³-hybridized carbons (Fsp3) is 0.364. The number of fused-ring (bicyclic) bond motifs is 3. The van der Waals surface area contributed by atoms with E-state index in [0.29, 0.717) is 41.7 Å². The molecular weight excluding hydrogens is 436 g/mol. The quantitative estimate of drug-likeness (QED) is 0.287. The molecule has 0 aromatic heterocycles. The zero-order valence-electron chi connectivity index (χ0n) is 18.1. The molecule has 0 aliphatic carbocycles. The molecule has 0 N–H and O–H groups in total. The molecule has 2 aromatic rings. The van der Waals surface area contributed by atoms with Gasteiger partial charge in [-0.05, 0) is 25.1 Å². The molecule has 11 nitrogen and oxygen atoms in total. The fourth-order valence-corrected chi connectivity index (χ4v) is 5.00. The van der Waals surface area contributed by atoms with Crippen LogP contribution >= 0.6 is 0 Å². The molecule has 172 valence electrons. The van der Waals surface area contributed by atoms with E-state index in [0.717, 1.165) is 0 Å². The summed E-state index contributed by atoms with van der Waals surface area (Å²) in [4.78, 5) is 38.5. The Morgan fingerprint density at radius 1 is 1.21 bits per heavy atom. The molecule has 2 aromatic carbocycles. The van der Waals surface area contributed by atoms with Gasteiger partial charge >= 0.3 is 11.7 Å². The van der Waals surface area contributed by atoms with E-state index in [9.17, 15) is 19.7 Å². The lowest BCUT2D eigenvalue weighted by atomic mass is 9.82. The molecule has 0 saturated heterocycles. The number of carbonyl (C=O) groups excluding carboxylic acids is 2. The lowest BCUT2D eigenvalue weighted by Gasteiger charge is -2.38. The molecule has 3 aliphatic heterocycles. The van der Waals surface area contributed by atoms with Crippen LogP contribution in [-0.4, -0.2) is 56.7 Å². The summed E-state index contributed by atoms with van der Waals surface area (Å²) >= 11 is 0. The second-order valence-electron chi connectivity index (χ2n) is 7.86. The number of ether oxygens (including phenoxy) is 5. The minimum absolute atomic E-state index is 0.0348. The summed E-state index contributed by atoms with van der Waals surface area (Å²) in [6.07, 6.45) is 0.0828. The number of rotatable bonds is 5. The van der Waals surface area contributed by atoms with Crippen LogP contribution in [0, 0.1) is 10.1 Å². The van der Waals surface area contributed by atoms with Crippen molar-refractivity contribution in [2.45, 2.75) is 18.6 Å². The standard InChI is InChI=1S/C22H20N2O9/c1-23-7-6-10-14(12(8-25)19-21(32-9-31-19)16(10)24(27)28)17(23)18-11-4-5-13(29-2)20(30-3)15(11)22(26)33-18/h4-5,8,17-18H,6-7,9H2,1-3H3/t17-,18+/m1/s1. The largest absolute Gasteiger partial charge is 0.493 e. The zero-order chi connectivity index (χ0) is 23.4. The molecule has 0 saturated carbocycles. The third kappa shape index (κ3) is 2.85. The first-order chi connectivity index (χ1) is 15.9. The summed E-state index contributed by atoms with van der Waals surface area (Å²) < 4.78 is 27.3. The van der Waals surface area contributed by atoms with Crippen LogP contribution in [0.4, 0.5) is 5.69 Å². The van der Waals surface area contributed by atoms with Crippen molar-refractivity contribution in [3.8, 4) is 23.0 Å². The number of nitro benzene ring substituents is 1. The number of nitro groups is 1. The van der Waals surface area contributed by atoms with Crippen molar-refractivity contribution in [1.29, 1.82) is 0 Å². The maximum Gasteiger partial charge on any atom is 0.343 e. The van der Waals surface area contributed by atoms with Gasteiger partial charge in [-0.2, -0.15) is 0 Å². The monoisotopic (exact) mass is 456 g/mol. The SMILES string of the molecule is COc1ccc2c(c1OC)C(=O)O[C@@H]2[C@H]1c2c(C=O)c3c(c([N+](=O)[O-])c2CCN1C)OCO3. The first kappa shape index (κ1) is 21.0. The van der Waals surface area contributed by atoms with Crippen molar-refractivity contribution >= 4 is 17.9 Å². The lowest BCUT2D eigenvalue weighted by Crippen LogP contribution is -2.37. The summed E-state index contributed by atoms with van der Waals surface area (Å²) in [5.41, 5.74) is 1.47. The summed E-state index contributed by atoms with van der Waals surface area (Å²) in [5, 5.41) is 12.0. The van der Waals surface area contributed by atoms with E-state index >= 15 is 0 Å². The van der Waals surface area contributed by atoms with Crippen LogP contribution in [0.2, 0.25) is 0 Å². The average molecular weight is 456 g/mol. The Hall–Kier alpha value is -3.86. The molecule has 0 radical (unpaired) electrons. The van der Waals surface area contributed by atoms with E-state index in [1.165, 1.54) is 14.2 Å². The highest BCUT2D eigenvalue weighted by Crippen LogP contribution is 2.55. The van der Waals surface area contributed by atoms with Gasteiger partial charge in [0.05, 0.1) is 30.7 Å². The normalized spacial score (nSPS) is 20.6. The molecule has 0 bridgehead atoms. The van der Waals surface area contributed by atoms with Crippen LogP contribution in [0.5, 0.6) is 23.0 Å². The van der Waals surface area contributed by atoms with Crippen molar-refractivity contribution in [3.63, 3.8) is 0 Å². The van der Waals surface area contributed by atoms with E-state index in [4.69, 9.17) is 23.7 Å². The highest BCUT2D eigenvalue weighted by molar-refractivity contribution is 5.98. The Kier molecular flexibility index (Phi) is 4.85. The van der Waals surface area contributed by atoms with Gasteiger partial charge in [0.25, 0.3) is 0 Å². The van der Waals surface area contributed by atoms with Crippen LogP contribution < -0.4 is 18.9 Å². The van der Waals surface area contributed by atoms with Crippen molar-refractivity contribution in [3.05, 3.63) is 50.1 Å². The fourth-order valence-electron chi connectivity index (χ4n) is 5.00.